The summed E-state index contributed by atoms with van der Waals surface area (Å²) in [6.45, 7) is 6.19. The molecule has 2 fully saturated rings. The van der Waals surface area contributed by atoms with Crippen molar-refractivity contribution in [1.82, 2.24) is 4.90 Å². The fraction of sp³-hybridized carbons (Fsp3) is 1.00. The van der Waals surface area contributed by atoms with E-state index < -0.39 is 0 Å². The van der Waals surface area contributed by atoms with E-state index in [4.69, 9.17) is 4.74 Å². The standard InChI is InChI=1S/C12H23NO/c1-3-12(6-7-12)10-13-8-4-11(14-2)5-9-13/h11H,3-10H2,1-2H3. The van der Waals surface area contributed by atoms with E-state index >= 15 is 0 Å². The van der Waals surface area contributed by atoms with Crippen LogP contribution in [0.3, 0.4) is 0 Å². The highest BCUT2D eigenvalue weighted by atomic mass is 16.5. The van der Waals surface area contributed by atoms with Gasteiger partial charge in [0.2, 0.25) is 0 Å². The highest BCUT2D eigenvalue weighted by Crippen LogP contribution is 2.49. The molecular weight excluding hydrogens is 174 g/mol. The maximum atomic E-state index is 5.38. The third-order valence-corrected chi connectivity index (χ3v) is 4.13. The van der Waals surface area contributed by atoms with Crippen molar-refractivity contribution >= 4 is 0 Å². The maximum Gasteiger partial charge on any atom is 0.0595 e. The zero-order valence-electron chi connectivity index (χ0n) is 9.59. The average Bonchev–Trinajstić information content (AvgIpc) is 3.00. The van der Waals surface area contributed by atoms with Gasteiger partial charge in [0.05, 0.1) is 6.10 Å². The molecule has 0 N–H and O–H groups in total. The Labute approximate surface area is 87.6 Å². The van der Waals surface area contributed by atoms with Crippen molar-refractivity contribution in [3.05, 3.63) is 0 Å². The van der Waals surface area contributed by atoms with E-state index in [0.29, 0.717) is 6.10 Å². The quantitative estimate of drug-likeness (QED) is 0.685. The molecule has 2 nitrogen and oxygen atoms in total. The molecule has 1 saturated heterocycles. The Morgan fingerprint density at radius 3 is 2.36 bits per heavy atom. The minimum Gasteiger partial charge on any atom is -0.381 e. The molecule has 2 aliphatic rings. The zero-order chi connectivity index (χ0) is 10.0. The summed E-state index contributed by atoms with van der Waals surface area (Å²) in [5, 5.41) is 0. The van der Waals surface area contributed by atoms with Crippen LogP contribution in [0.5, 0.6) is 0 Å². The number of likely N-dealkylation sites (tertiary alicyclic amines) is 1. The summed E-state index contributed by atoms with van der Waals surface area (Å²) >= 11 is 0. The van der Waals surface area contributed by atoms with Crippen molar-refractivity contribution in [2.45, 2.75) is 45.1 Å². The molecule has 0 bridgehead atoms. The van der Waals surface area contributed by atoms with Crippen LogP contribution in [-0.2, 0) is 4.74 Å². The first-order valence-electron chi connectivity index (χ1n) is 6.03. The van der Waals surface area contributed by atoms with Crippen LogP contribution in [0.25, 0.3) is 0 Å². The lowest BCUT2D eigenvalue weighted by molar-refractivity contribution is 0.0348. The van der Waals surface area contributed by atoms with Crippen LogP contribution >= 0.6 is 0 Å². The zero-order valence-corrected chi connectivity index (χ0v) is 9.59. The Bertz CT molecular complexity index is 181. The van der Waals surface area contributed by atoms with Gasteiger partial charge in [-0.1, -0.05) is 6.92 Å². The Balaban J connectivity index is 1.73. The van der Waals surface area contributed by atoms with Crippen molar-refractivity contribution in [1.29, 1.82) is 0 Å². The lowest BCUT2D eigenvalue weighted by Crippen LogP contribution is -2.39. The summed E-state index contributed by atoms with van der Waals surface area (Å²) in [7, 11) is 1.84. The van der Waals surface area contributed by atoms with Crippen LogP contribution in [0, 0.1) is 5.41 Å². The van der Waals surface area contributed by atoms with Gasteiger partial charge in [-0.25, -0.2) is 0 Å². The third-order valence-electron chi connectivity index (χ3n) is 4.13. The summed E-state index contributed by atoms with van der Waals surface area (Å²) in [5.74, 6) is 0. The average molecular weight is 197 g/mol. The van der Waals surface area contributed by atoms with Crippen molar-refractivity contribution in [2.75, 3.05) is 26.7 Å². The second-order valence-corrected chi connectivity index (χ2v) is 5.06. The van der Waals surface area contributed by atoms with Crippen molar-refractivity contribution < 1.29 is 4.74 Å². The first-order valence-corrected chi connectivity index (χ1v) is 6.03. The van der Waals surface area contributed by atoms with Gasteiger partial charge in [-0.3, -0.25) is 0 Å². The Hall–Kier alpha value is -0.0800. The topological polar surface area (TPSA) is 12.5 Å². The molecule has 1 aliphatic carbocycles. The molecule has 0 unspecified atom stereocenters. The van der Waals surface area contributed by atoms with Gasteiger partial charge in [0.25, 0.3) is 0 Å². The number of ether oxygens (including phenoxy) is 1. The van der Waals surface area contributed by atoms with Crippen molar-refractivity contribution in [2.24, 2.45) is 5.41 Å². The number of hydrogen-bond donors (Lipinski definition) is 0. The molecule has 2 heteroatoms. The minimum atomic E-state index is 0.531. The summed E-state index contributed by atoms with van der Waals surface area (Å²) in [5.41, 5.74) is 0.722. The lowest BCUT2D eigenvalue weighted by Gasteiger charge is -2.33. The van der Waals surface area contributed by atoms with E-state index in [1.807, 2.05) is 7.11 Å². The summed E-state index contributed by atoms with van der Waals surface area (Å²) in [6, 6.07) is 0. The van der Waals surface area contributed by atoms with E-state index in [9.17, 15) is 0 Å². The molecule has 1 aliphatic heterocycles. The van der Waals surface area contributed by atoms with Crippen LogP contribution in [0.4, 0.5) is 0 Å². The van der Waals surface area contributed by atoms with Crippen LogP contribution in [0.1, 0.15) is 39.0 Å². The predicted molar refractivity (Wildman–Crippen MR) is 58.4 cm³/mol. The molecule has 0 aromatic carbocycles. The number of piperidine rings is 1. The van der Waals surface area contributed by atoms with Gasteiger partial charge in [0, 0.05) is 26.7 Å². The van der Waals surface area contributed by atoms with E-state index in [2.05, 4.69) is 11.8 Å². The van der Waals surface area contributed by atoms with Gasteiger partial charge in [-0.2, -0.15) is 0 Å². The van der Waals surface area contributed by atoms with Crippen LogP contribution in [0.15, 0.2) is 0 Å². The van der Waals surface area contributed by atoms with Gasteiger partial charge in [0.1, 0.15) is 0 Å². The SMILES string of the molecule is CCC1(CN2CCC(OC)CC2)CC1. The normalized spacial score (nSPS) is 27.9. The fourth-order valence-electron chi connectivity index (χ4n) is 2.58. The van der Waals surface area contributed by atoms with Gasteiger partial charge in [0.15, 0.2) is 0 Å². The Kier molecular flexibility index (Phi) is 3.13. The second-order valence-electron chi connectivity index (χ2n) is 5.06. The Morgan fingerprint density at radius 1 is 1.29 bits per heavy atom. The first kappa shape index (κ1) is 10.4. The van der Waals surface area contributed by atoms with Gasteiger partial charge in [-0.15, -0.1) is 0 Å². The van der Waals surface area contributed by atoms with E-state index in [0.717, 1.165) is 5.41 Å². The molecule has 14 heavy (non-hydrogen) atoms. The minimum absolute atomic E-state index is 0.531. The predicted octanol–water partition coefficient (Wildman–Crippen LogP) is 2.29. The molecule has 0 aromatic heterocycles. The first-order chi connectivity index (χ1) is 6.78. The molecule has 0 atom stereocenters. The molecule has 0 aromatic rings. The molecule has 82 valence electrons. The molecule has 1 saturated carbocycles. The van der Waals surface area contributed by atoms with E-state index in [1.54, 1.807) is 0 Å². The number of rotatable bonds is 4. The smallest absolute Gasteiger partial charge is 0.0595 e. The van der Waals surface area contributed by atoms with E-state index in [-0.39, 0.29) is 0 Å². The molecular formula is C12H23NO. The number of hydrogen-bond acceptors (Lipinski definition) is 2. The highest BCUT2D eigenvalue weighted by molar-refractivity contribution is 4.95. The summed E-state index contributed by atoms with van der Waals surface area (Å²) < 4.78 is 5.38. The molecule has 0 radical (unpaired) electrons. The van der Waals surface area contributed by atoms with E-state index in [1.165, 1.54) is 51.7 Å². The summed E-state index contributed by atoms with van der Waals surface area (Å²) in [4.78, 5) is 2.64. The van der Waals surface area contributed by atoms with Gasteiger partial charge in [-0.05, 0) is 37.5 Å². The number of nitrogens with zero attached hydrogens (tertiary/aromatic N) is 1. The van der Waals surface area contributed by atoms with Crippen LogP contribution < -0.4 is 0 Å². The molecule has 0 spiro atoms. The summed E-state index contributed by atoms with van der Waals surface area (Å²) in [6.07, 6.45) is 7.30. The van der Waals surface area contributed by atoms with Crippen LogP contribution in [0.2, 0.25) is 0 Å². The Morgan fingerprint density at radius 2 is 1.93 bits per heavy atom. The molecule has 0 amide bonds. The van der Waals surface area contributed by atoms with Gasteiger partial charge < -0.3 is 9.64 Å². The van der Waals surface area contributed by atoms with Crippen LogP contribution in [-0.4, -0.2) is 37.7 Å². The lowest BCUT2D eigenvalue weighted by atomic mass is 10.0. The fourth-order valence-corrected chi connectivity index (χ4v) is 2.58. The van der Waals surface area contributed by atoms with Gasteiger partial charge >= 0.3 is 0 Å². The second kappa shape index (κ2) is 4.19. The monoisotopic (exact) mass is 197 g/mol. The largest absolute Gasteiger partial charge is 0.381 e. The molecule has 1 heterocycles. The van der Waals surface area contributed by atoms with Crippen molar-refractivity contribution in [3.63, 3.8) is 0 Å². The van der Waals surface area contributed by atoms with Crippen molar-refractivity contribution in [3.8, 4) is 0 Å². The molecule has 2 rings (SSSR count). The maximum absolute atomic E-state index is 5.38. The number of methoxy groups -OCH3 is 1. The highest BCUT2D eigenvalue weighted by Gasteiger charge is 2.42. The third kappa shape index (κ3) is 2.29.